The number of fused-ring (bicyclic) bond motifs is 1. The molecule has 1 N–H and O–H groups in total. The summed E-state index contributed by atoms with van der Waals surface area (Å²) in [5.41, 5.74) is 4.64. The first-order valence-corrected chi connectivity index (χ1v) is 7.56. The molecule has 0 radical (unpaired) electrons. The SMILES string of the molecule is COc1ccc(Cc2nnc3n2NC(C)C(C)S3)cc1. The summed E-state index contributed by atoms with van der Waals surface area (Å²) in [7, 11) is 1.67. The molecule has 1 aromatic carbocycles. The van der Waals surface area contributed by atoms with Crippen molar-refractivity contribution in [3.63, 3.8) is 0 Å². The van der Waals surface area contributed by atoms with Crippen molar-refractivity contribution >= 4 is 11.8 Å². The van der Waals surface area contributed by atoms with Crippen LogP contribution in [0, 0.1) is 0 Å². The Morgan fingerprint density at radius 1 is 1.25 bits per heavy atom. The Hall–Kier alpha value is -1.69. The van der Waals surface area contributed by atoms with Gasteiger partial charge in [0.15, 0.2) is 5.82 Å². The Labute approximate surface area is 122 Å². The first-order chi connectivity index (χ1) is 9.67. The van der Waals surface area contributed by atoms with Crippen LogP contribution in [0.4, 0.5) is 0 Å². The van der Waals surface area contributed by atoms with E-state index in [-0.39, 0.29) is 0 Å². The smallest absolute Gasteiger partial charge is 0.210 e. The number of hydrogen-bond donors (Lipinski definition) is 1. The normalized spacial score (nSPS) is 21.1. The number of nitrogens with one attached hydrogen (secondary N) is 1. The van der Waals surface area contributed by atoms with Crippen LogP contribution >= 0.6 is 11.8 Å². The number of rotatable bonds is 3. The predicted molar refractivity (Wildman–Crippen MR) is 80.0 cm³/mol. The molecule has 0 spiro atoms. The van der Waals surface area contributed by atoms with Gasteiger partial charge in [0.1, 0.15) is 5.75 Å². The lowest BCUT2D eigenvalue weighted by Crippen LogP contribution is -2.38. The Kier molecular flexibility index (Phi) is 3.56. The van der Waals surface area contributed by atoms with Crippen LogP contribution < -0.4 is 10.2 Å². The van der Waals surface area contributed by atoms with Gasteiger partial charge in [-0.05, 0) is 24.6 Å². The molecular weight excluding hydrogens is 272 g/mol. The molecular formula is C14H18N4OS. The first kappa shape index (κ1) is 13.3. The topological polar surface area (TPSA) is 52.0 Å². The van der Waals surface area contributed by atoms with E-state index >= 15 is 0 Å². The van der Waals surface area contributed by atoms with Gasteiger partial charge in [0, 0.05) is 11.7 Å². The van der Waals surface area contributed by atoms with Gasteiger partial charge in [0.2, 0.25) is 5.16 Å². The first-order valence-electron chi connectivity index (χ1n) is 6.68. The molecule has 2 unspecified atom stereocenters. The van der Waals surface area contributed by atoms with Gasteiger partial charge in [-0.15, -0.1) is 10.2 Å². The molecule has 106 valence electrons. The van der Waals surface area contributed by atoms with Crippen molar-refractivity contribution < 1.29 is 4.74 Å². The highest BCUT2D eigenvalue weighted by molar-refractivity contribution is 7.99. The van der Waals surface area contributed by atoms with Crippen LogP contribution in [0.25, 0.3) is 0 Å². The van der Waals surface area contributed by atoms with E-state index in [2.05, 4.69) is 41.6 Å². The van der Waals surface area contributed by atoms with Gasteiger partial charge < -0.3 is 10.2 Å². The minimum atomic E-state index is 0.401. The Morgan fingerprint density at radius 2 is 2.00 bits per heavy atom. The number of benzene rings is 1. The van der Waals surface area contributed by atoms with Crippen LogP contribution in [-0.2, 0) is 6.42 Å². The largest absolute Gasteiger partial charge is 0.497 e. The van der Waals surface area contributed by atoms with Gasteiger partial charge in [0.05, 0.1) is 13.2 Å². The Bertz CT molecular complexity index is 596. The molecule has 2 atom stereocenters. The van der Waals surface area contributed by atoms with Crippen LogP contribution in [0.2, 0.25) is 0 Å². The molecule has 5 nitrogen and oxygen atoms in total. The molecule has 0 bridgehead atoms. The highest BCUT2D eigenvalue weighted by atomic mass is 32.2. The average Bonchev–Trinajstić information content (AvgIpc) is 2.83. The molecule has 0 aliphatic carbocycles. The summed E-state index contributed by atoms with van der Waals surface area (Å²) in [6, 6.07) is 8.45. The lowest BCUT2D eigenvalue weighted by molar-refractivity contribution is 0.414. The van der Waals surface area contributed by atoms with Gasteiger partial charge in [-0.3, -0.25) is 0 Å². The van der Waals surface area contributed by atoms with Crippen LogP contribution in [0.3, 0.4) is 0 Å². The zero-order chi connectivity index (χ0) is 14.1. The highest BCUT2D eigenvalue weighted by Gasteiger charge is 2.25. The lowest BCUT2D eigenvalue weighted by atomic mass is 10.1. The maximum absolute atomic E-state index is 5.17. The van der Waals surface area contributed by atoms with Gasteiger partial charge in [-0.2, -0.15) is 0 Å². The van der Waals surface area contributed by atoms with Crippen molar-refractivity contribution in [3.8, 4) is 5.75 Å². The molecule has 0 saturated heterocycles. The fraction of sp³-hybridized carbons (Fsp3) is 0.429. The number of aromatic nitrogens is 3. The Balaban J connectivity index is 1.81. The van der Waals surface area contributed by atoms with Crippen molar-refractivity contribution in [2.75, 3.05) is 12.5 Å². The summed E-state index contributed by atoms with van der Waals surface area (Å²) in [5.74, 6) is 1.81. The zero-order valence-electron chi connectivity index (χ0n) is 11.8. The second kappa shape index (κ2) is 5.36. The van der Waals surface area contributed by atoms with Crippen molar-refractivity contribution in [2.24, 2.45) is 0 Å². The molecule has 1 aliphatic rings. The summed E-state index contributed by atoms with van der Waals surface area (Å²) in [5, 5.41) is 10.0. The number of methoxy groups -OCH3 is 1. The van der Waals surface area contributed by atoms with Gasteiger partial charge in [-0.1, -0.05) is 30.8 Å². The fourth-order valence-corrected chi connectivity index (χ4v) is 3.07. The number of ether oxygens (including phenoxy) is 1. The van der Waals surface area contributed by atoms with Gasteiger partial charge >= 0.3 is 0 Å². The van der Waals surface area contributed by atoms with Crippen LogP contribution in [-0.4, -0.2) is 33.3 Å². The standard InChI is InChI=1S/C14H18N4OS/c1-9-10(2)20-14-16-15-13(18(14)17-9)8-11-4-6-12(19-3)7-5-11/h4-7,9-10,17H,8H2,1-3H3. The van der Waals surface area contributed by atoms with Crippen LogP contribution in [0.1, 0.15) is 25.2 Å². The van der Waals surface area contributed by atoms with Crippen LogP contribution in [0.15, 0.2) is 29.4 Å². The van der Waals surface area contributed by atoms with Gasteiger partial charge in [0.25, 0.3) is 0 Å². The molecule has 1 aromatic heterocycles. The molecule has 2 heterocycles. The monoisotopic (exact) mass is 290 g/mol. The summed E-state index contributed by atoms with van der Waals surface area (Å²) in [6.07, 6.45) is 0.756. The van der Waals surface area contributed by atoms with E-state index in [1.54, 1.807) is 18.9 Å². The second-order valence-electron chi connectivity index (χ2n) is 5.00. The second-order valence-corrected chi connectivity index (χ2v) is 6.34. The third kappa shape index (κ3) is 2.47. The van der Waals surface area contributed by atoms with E-state index in [4.69, 9.17) is 4.74 Å². The van der Waals surface area contributed by atoms with Crippen LogP contribution in [0.5, 0.6) is 5.75 Å². The average molecular weight is 290 g/mol. The number of nitrogens with zero attached hydrogens (tertiary/aromatic N) is 3. The van der Waals surface area contributed by atoms with E-state index in [0.29, 0.717) is 11.3 Å². The van der Waals surface area contributed by atoms with E-state index in [0.717, 1.165) is 23.2 Å². The quantitative estimate of drug-likeness (QED) is 0.940. The maximum atomic E-state index is 5.17. The zero-order valence-corrected chi connectivity index (χ0v) is 12.6. The molecule has 20 heavy (non-hydrogen) atoms. The summed E-state index contributed by atoms with van der Waals surface area (Å²) < 4.78 is 7.19. The summed E-state index contributed by atoms with van der Waals surface area (Å²) in [6.45, 7) is 4.38. The maximum Gasteiger partial charge on any atom is 0.210 e. The third-order valence-corrected chi connectivity index (χ3v) is 4.80. The molecule has 2 aromatic rings. The predicted octanol–water partition coefficient (Wildman–Crippen LogP) is 2.30. The molecule has 0 saturated carbocycles. The summed E-state index contributed by atoms with van der Waals surface area (Å²) >= 11 is 1.76. The minimum Gasteiger partial charge on any atom is -0.497 e. The van der Waals surface area contributed by atoms with Crippen molar-refractivity contribution in [3.05, 3.63) is 35.7 Å². The lowest BCUT2D eigenvalue weighted by Gasteiger charge is -2.28. The molecule has 6 heteroatoms. The molecule has 3 rings (SSSR count). The van der Waals surface area contributed by atoms with E-state index in [1.165, 1.54) is 5.56 Å². The molecule has 0 amide bonds. The molecule has 1 aliphatic heterocycles. The Morgan fingerprint density at radius 3 is 2.70 bits per heavy atom. The molecule has 0 fully saturated rings. The van der Waals surface area contributed by atoms with E-state index in [1.807, 2.05) is 16.8 Å². The summed E-state index contributed by atoms with van der Waals surface area (Å²) in [4.78, 5) is 0. The van der Waals surface area contributed by atoms with Crippen molar-refractivity contribution in [1.82, 2.24) is 14.9 Å². The van der Waals surface area contributed by atoms with Crippen molar-refractivity contribution in [1.29, 1.82) is 0 Å². The number of thioether (sulfide) groups is 1. The van der Waals surface area contributed by atoms with E-state index in [9.17, 15) is 0 Å². The highest BCUT2D eigenvalue weighted by Crippen LogP contribution is 2.29. The third-order valence-electron chi connectivity index (χ3n) is 3.55. The van der Waals surface area contributed by atoms with E-state index < -0.39 is 0 Å². The van der Waals surface area contributed by atoms with Crippen molar-refractivity contribution in [2.45, 2.75) is 36.7 Å². The van der Waals surface area contributed by atoms with Gasteiger partial charge in [-0.25, -0.2) is 4.68 Å². The fourth-order valence-electron chi connectivity index (χ4n) is 2.12. The number of hydrogen-bond acceptors (Lipinski definition) is 5. The minimum absolute atomic E-state index is 0.401.